The van der Waals surface area contributed by atoms with Gasteiger partial charge in [0.25, 0.3) is 0 Å². The van der Waals surface area contributed by atoms with Crippen molar-refractivity contribution in [3.8, 4) is 0 Å². The molecule has 0 saturated heterocycles. The Hall–Kier alpha value is -4.54. The first-order valence-electron chi connectivity index (χ1n) is 16.1. The summed E-state index contributed by atoms with van der Waals surface area (Å²) in [6.07, 6.45) is 21.1. The Labute approximate surface area is 275 Å². The lowest BCUT2D eigenvalue weighted by Gasteiger charge is -2.30. The van der Waals surface area contributed by atoms with Crippen molar-refractivity contribution in [3.63, 3.8) is 0 Å². The normalized spacial score (nSPS) is 19.9. The second-order valence-corrected chi connectivity index (χ2v) is 11.8. The van der Waals surface area contributed by atoms with E-state index in [1.807, 2.05) is 36.9 Å². The molecule has 6 rings (SSSR count). The van der Waals surface area contributed by atoms with Gasteiger partial charge in [-0.2, -0.15) is 0 Å². The number of benzene rings is 1. The zero-order chi connectivity index (χ0) is 33.2. The molecule has 0 saturated carbocycles. The van der Waals surface area contributed by atoms with Crippen LogP contribution in [0.4, 0.5) is 17.1 Å². The summed E-state index contributed by atoms with van der Waals surface area (Å²) in [6, 6.07) is 12.5. The molecule has 1 aromatic carbocycles. The SMILES string of the molecule is Cc1ccccc1N1C=CN(CCN)[C@@H]1C.Cc1ccncc1N1C=CN(C)[C@@H]1C.Cc1ccncc1N1C=CN(CCN)[C@@H]1C. The van der Waals surface area contributed by atoms with Crippen LogP contribution < -0.4 is 26.2 Å². The zero-order valence-electron chi connectivity index (χ0n) is 28.5. The van der Waals surface area contributed by atoms with E-state index in [2.05, 4.69) is 149 Å². The molecule has 0 aliphatic carbocycles. The predicted octanol–water partition coefficient (Wildman–Crippen LogP) is 5.14. The molecule has 0 spiro atoms. The van der Waals surface area contributed by atoms with Crippen LogP contribution in [-0.4, -0.2) is 76.4 Å². The molecule has 3 aromatic rings. The molecule has 0 bridgehead atoms. The molecule has 0 radical (unpaired) electrons. The lowest BCUT2D eigenvalue weighted by molar-refractivity contribution is 0.326. The number of nitrogens with zero attached hydrogens (tertiary/aromatic N) is 8. The Balaban J connectivity index is 0.000000157. The molecule has 3 aliphatic heterocycles. The molecule has 10 nitrogen and oxygen atoms in total. The van der Waals surface area contributed by atoms with Crippen molar-refractivity contribution < 1.29 is 0 Å². The zero-order valence-corrected chi connectivity index (χ0v) is 28.5. The highest BCUT2D eigenvalue weighted by molar-refractivity contribution is 5.57. The van der Waals surface area contributed by atoms with Crippen molar-refractivity contribution in [2.75, 3.05) is 47.9 Å². The molecule has 4 N–H and O–H groups in total. The third-order valence-electron chi connectivity index (χ3n) is 8.80. The minimum absolute atomic E-state index is 0.312. The summed E-state index contributed by atoms with van der Waals surface area (Å²) in [5, 5.41) is 0. The second-order valence-electron chi connectivity index (χ2n) is 11.8. The van der Waals surface area contributed by atoms with E-state index in [4.69, 9.17) is 11.5 Å². The number of pyridine rings is 2. The fraction of sp³-hybridized carbons (Fsp3) is 0.389. The first kappa shape index (κ1) is 34.3. The van der Waals surface area contributed by atoms with Crippen LogP contribution in [-0.2, 0) is 0 Å². The molecule has 3 aliphatic rings. The molecule has 0 amide bonds. The Morgan fingerprint density at radius 2 is 1.00 bits per heavy atom. The van der Waals surface area contributed by atoms with Crippen LogP contribution in [0.5, 0.6) is 0 Å². The van der Waals surface area contributed by atoms with E-state index in [1.165, 1.54) is 28.1 Å². The van der Waals surface area contributed by atoms with Crippen LogP contribution in [0.2, 0.25) is 0 Å². The maximum absolute atomic E-state index is 5.59. The van der Waals surface area contributed by atoms with Gasteiger partial charge in [-0.15, -0.1) is 0 Å². The Morgan fingerprint density at radius 3 is 1.43 bits per heavy atom. The molecule has 10 heteroatoms. The molecule has 3 atom stereocenters. The monoisotopic (exact) mass is 624 g/mol. The van der Waals surface area contributed by atoms with Gasteiger partial charge in [-0.1, -0.05) is 18.2 Å². The Kier molecular flexibility index (Phi) is 12.1. The third-order valence-corrected chi connectivity index (χ3v) is 8.80. The summed E-state index contributed by atoms with van der Waals surface area (Å²) < 4.78 is 0. The van der Waals surface area contributed by atoms with Gasteiger partial charge in [0.2, 0.25) is 0 Å². The van der Waals surface area contributed by atoms with E-state index in [0.717, 1.165) is 18.8 Å². The van der Waals surface area contributed by atoms with E-state index >= 15 is 0 Å². The fourth-order valence-corrected chi connectivity index (χ4v) is 5.73. The van der Waals surface area contributed by atoms with Crippen molar-refractivity contribution in [1.82, 2.24) is 24.7 Å². The van der Waals surface area contributed by atoms with Gasteiger partial charge in [0.05, 0.1) is 23.8 Å². The molecule has 0 fully saturated rings. The van der Waals surface area contributed by atoms with Crippen molar-refractivity contribution in [2.24, 2.45) is 11.5 Å². The van der Waals surface area contributed by atoms with Gasteiger partial charge in [-0.3, -0.25) is 9.97 Å². The number of rotatable bonds is 7. The van der Waals surface area contributed by atoms with Crippen LogP contribution in [0.1, 0.15) is 37.5 Å². The Morgan fingerprint density at radius 1 is 0.565 bits per heavy atom. The number of aryl methyl sites for hydroxylation is 3. The fourth-order valence-electron chi connectivity index (χ4n) is 5.73. The van der Waals surface area contributed by atoms with Crippen LogP contribution in [0.3, 0.4) is 0 Å². The van der Waals surface area contributed by atoms with Crippen molar-refractivity contribution in [2.45, 2.75) is 60.0 Å². The van der Waals surface area contributed by atoms with E-state index in [1.54, 1.807) is 0 Å². The molecule has 5 heterocycles. The number of hydrogen-bond donors (Lipinski definition) is 2. The summed E-state index contributed by atoms with van der Waals surface area (Å²) in [7, 11) is 2.08. The lowest BCUT2D eigenvalue weighted by atomic mass is 10.2. The summed E-state index contributed by atoms with van der Waals surface area (Å²) in [6.45, 7) is 16.0. The molecule has 246 valence electrons. The summed E-state index contributed by atoms with van der Waals surface area (Å²) in [5.74, 6) is 0. The van der Waals surface area contributed by atoms with Gasteiger partial charge in [0.15, 0.2) is 0 Å². The smallest absolute Gasteiger partial charge is 0.103 e. The topological polar surface area (TPSA) is 97.3 Å². The van der Waals surface area contributed by atoms with Crippen LogP contribution in [0.15, 0.2) is 98.4 Å². The summed E-state index contributed by atoms with van der Waals surface area (Å²) in [5.41, 5.74) is 18.6. The minimum Gasteiger partial charge on any atom is -0.359 e. The maximum atomic E-state index is 5.59. The van der Waals surface area contributed by atoms with Gasteiger partial charge < -0.3 is 40.9 Å². The molecular formula is C36H52N10. The number of aromatic nitrogens is 2. The number of para-hydroxylation sites is 1. The second kappa shape index (κ2) is 16.1. The van der Waals surface area contributed by atoms with Crippen molar-refractivity contribution in [3.05, 3.63) is 115 Å². The van der Waals surface area contributed by atoms with Crippen molar-refractivity contribution >= 4 is 17.1 Å². The van der Waals surface area contributed by atoms with Crippen LogP contribution >= 0.6 is 0 Å². The van der Waals surface area contributed by atoms with E-state index in [-0.39, 0.29) is 0 Å². The number of nitrogens with two attached hydrogens (primary N) is 2. The van der Waals surface area contributed by atoms with Crippen LogP contribution in [0, 0.1) is 20.8 Å². The van der Waals surface area contributed by atoms with Gasteiger partial charge in [0.1, 0.15) is 18.5 Å². The number of hydrogen-bond acceptors (Lipinski definition) is 10. The first-order chi connectivity index (χ1) is 22.2. The predicted molar refractivity (Wildman–Crippen MR) is 192 cm³/mol. The van der Waals surface area contributed by atoms with Gasteiger partial charge >= 0.3 is 0 Å². The van der Waals surface area contributed by atoms with E-state index in [0.29, 0.717) is 31.6 Å². The quantitative estimate of drug-likeness (QED) is 0.368. The van der Waals surface area contributed by atoms with Crippen molar-refractivity contribution in [1.29, 1.82) is 0 Å². The van der Waals surface area contributed by atoms with E-state index < -0.39 is 0 Å². The Bertz CT molecular complexity index is 1410. The third kappa shape index (κ3) is 7.99. The number of anilines is 3. The summed E-state index contributed by atoms with van der Waals surface area (Å²) in [4.78, 5) is 21.7. The highest BCUT2D eigenvalue weighted by Gasteiger charge is 2.24. The summed E-state index contributed by atoms with van der Waals surface area (Å²) >= 11 is 0. The van der Waals surface area contributed by atoms with Gasteiger partial charge in [-0.05, 0) is 76.4 Å². The minimum atomic E-state index is 0.312. The van der Waals surface area contributed by atoms with Gasteiger partial charge in [-0.25, -0.2) is 0 Å². The molecule has 46 heavy (non-hydrogen) atoms. The highest BCUT2D eigenvalue weighted by Crippen LogP contribution is 2.28. The first-order valence-corrected chi connectivity index (χ1v) is 16.1. The maximum Gasteiger partial charge on any atom is 0.103 e. The molecular weight excluding hydrogens is 572 g/mol. The largest absolute Gasteiger partial charge is 0.359 e. The lowest BCUT2D eigenvalue weighted by Crippen LogP contribution is -2.38. The standard InChI is InChI=1S/C13H19N3.C12H18N4.C11H15N3/c1-11-5-3-4-6-13(11)16-10-9-15(8-7-14)12(16)2;1-10-3-5-14-9-12(10)16-8-7-15(6-4-13)11(16)2;1-9-4-5-12-8-11(9)14-7-6-13(3)10(14)2/h3-6,9-10,12H,7-8,14H2,1-2H3;3,5,7-9,11H,4,6,13H2,1-2H3;4-8,10H,1-3H3/t12-;11-;10-/m000/s1. The van der Waals surface area contributed by atoms with Gasteiger partial charge in [0, 0.05) is 88.5 Å². The average molecular weight is 625 g/mol. The average Bonchev–Trinajstić information content (AvgIpc) is 3.71. The molecule has 0 unspecified atom stereocenters. The van der Waals surface area contributed by atoms with Crippen LogP contribution in [0.25, 0.3) is 0 Å². The highest BCUT2D eigenvalue weighted by atomic mass is 15.4. The van der Waals surface area contributed by atoms with E-state index in [9.17, 15) is 0 Å². The molecule has 2 aromatic heterocycles.